The molecular formula is C7H15NO2S. The van der Waals surface area contributed by atoms with Gasteiger partial charge in [-0.25, -0.2) is 12.7 Å². The SMILES string of the molecule is C[C@H](C1CC1)N(C)S(C)(=O)=O. The minimum Gasteiger partial charge on any atom is -0.213 e. The van der Waals surface area contributed by atoms with Crippen molar-refractivity contribution in [1.82, 2.24) is 4.31 Å². The van der Waals surface area contributed by atoms with Crippen molar-refractivity contribution in [3.05, 3.63) is 0 Å². The molecule has 1 aliphatic carbocycles. The summed E-state index contributed by atoms with van der Waals surface area (Å²) in [6.45, 7) is 1.97. The van der Waals surface area contributed by atoms with Crippen LogP contribution in [0.15, 0.2) is 0 Å². The zero-order valence-electron chi connectivity index (χ0n) is 7.24. The molecule has 0 aliphatic heterocycles. The summed E-state index contributed by atoms with van der Waals surface area (Å²) < 4.78 is 23.5. The van der Waals surface area contributed by atoms with Crippen molar-refractivity contribution in [1.29, 1.82) is 0 Å². The van der Waals surface area contributed by atoms with Gasteiger partial charge in [-0.3, -0.25) is 0 Å². The molecule has 0 radical (unpaired) electrons. The molecule has 0 aromatic rings. The molecule has 0 amide bonds. The molecule has 0 unspecified atom stereocenters. The van der Waals surface area contributed by atoms with E-state index in [0.717, 1.165) is 0 Å². The molecule has 0 saturated heterocycles. The fraction of sp³-hybridized carbons (Fsp3) is 1.00. The third-order valence-corrected chi connectivity index (χ3v) is 3.78. The van der Waals surface area contributed by atoms with Crippen LogP contribution in [0, 0.1) is 5.92 Å². The number of sulfonamides is 1. The average Bonchev–Trinajstić information content (AvgIpc) is 2.63. The van der Waals surface area contributed by atoms with Crippen LogP contribution in [0.1, 0.15) is 19.8 Å². The van der Waals surface area contributed by atoms with Crippen molar-refractivity contribution >= 4 is 10.0 Å². The molecule has 0 spiro atoms. The van der Waals surface area contributed by atoms with Crippen LogP contribution in [0.5, 0.6) is 0 Å². The van der Waals surface area contributed by atoms with E-state index in [9.17, 15) is 8.42 Å². The summed E-state index contributed by atoms with van der Waals surface area (Å²) in [5, 5.41) is 0. The van der Waals surface area contributed by atoms with Crippen LogP contribution in [0.25, 0.3) is 0 Å². The Morgan fingerprint density at radius 1 is 1.45 bits per heavy atom. The van der Waals surface area contributed by atoms with Gasteiger partial charge < -0.3 is 0 Å². The van der Waals surface area contributed by atoms with Crippen LogP contribution in [-0.2, 0) is 10.0 Å². The van der Waals surface area contributed by atoms with Crippen molar-refractivity contribution in [2.24, 2.45) is 5.92 Å². The van der Waals surface area contributed by atoms with Crippen molar-refractivity contribution in [2.45, 2.75) is 25.8 Å². The van der Waals surface area contributed by atoms with Gasteiger partial charge in [0.2, 0.25) is 10.0 Å². The van der Waals surface area contributed by atoms with E-state index in [1.54, 1.807) is 7.05 Å². The molecule has 1 aliphatic rings. The van der Waals surface area contributed by atoms with E-state index in [-0.39, 0.29) is 6.04 Å². The van der Waals surface area contributed by atoms with E-state index >= 15 is 0 Å². The summed E-state index contributed by atoms with van der Waals surface area (Å²) in [5.41, 5.74) is 0. The summed E-state index contributed by atoms with van der Waals surface area (Å²) in [6.07, 6.45) is 3.62. The average molecular weight is 177 g/mol. The van der Waals surface area contributed by atoms with Crippen molar-refractivity contribution in [2.75, 3.05) is 13.3 Å². The maximum atomic E-state index is 11.0. The first-order chi connectivity index (χ1) is 4.93. The summed E-state index contributed by atoms with van der Waals surface area (Å²) in [4.78, 5) is 0. The van der Waals surface area contributed by atoms with E-state index < -0.39 is 10.0 Å². The molecule has 1 atom stereocenters. The van der Waals surface area contributed by atoms with E-state index in [4.69, 9.17) is 0 Å². The van der Waals surface area contributed by atoms with Gasteiger partial charge in [-0.2, -0.15) is 0 Å². The number of hydrogen-bond acceptors (Lipinski definition) is 2. The smallest absolute Gasteiger partial charge is 0.211 e. The van der Waals surface area contributed by atoms with Gasteiger partial charge in [0, 0.05) is 13.1 Å². The third kappa shape index (κ3) is 2.17. The van der Waals surface area contributed by atoms with Gasteiger partial charge in [-0.05, 0) is 25.7 Å². The number of rotatable bonds is 3. The highest BCUT2D eigenvalue weighted by molar-refractivity contribution is 7.88. The second-order valence-electron chi connectivity index (χ2n) is 3.36. The molecule has 1 rings (SSSR count). The maximum Gasteiger partial charge on any atom is 0.211 e. The standard InChI is InChI=1S/C7H15NO2S/c1-6(7-4-5-7)8(2)11(3,9)10/h6-7H,4-5H2,1-3H3/t6-/m1/s1. The highest BCUT2D eigenvalue weighted by Gasteiger charge is 2.33. The first kappa shape index (κ1) is 9.00. The van der Waals surface area contributed by atoms with Gasteiger partial charge in [-0.1, -0.05) is 0 Å². The van der Waals surface area contributed by atoms with Crippen LogP contribution < -0.4 is 0 Å². The monoisotopic (exact) mass is 177 g/mol. The lowest BCUT2D eigenvalue weighted by molar-refractivity contribution is 0.359. The summed E-state index contributed by atoms with van der Waals surface area (Å²) in [7, 11) is -1.32. The Morgan fingerprint density at radius 3 is 2.18 bits per heavy atom. The van der Waals surface area contributed by atoms with Crippen molar-refractivity contribution in [3.63, 3.8) is 0 Å². The molecule has 0 N–H and O–H groups in total. The molecule has 66 valence electrons. The first-order valence-corrected chi connectivity index (χ1v) is 5.71. The van der Waals surface area contributed by atoms with Crippen molar-refractivity contribution in [3.8, 4) is 0 Å². The van der Waals surface area contributed by atoms with Gasteiger partial charge in [0.25, 0.3) is 0 Å². The lowest BCUT2D eigenvalue weighted by atomic mass is 10.2. The predicted octanol–water partition coefficient (Wildman–Crippen LogP) is 0.676. The van der Waals surface area contributed by atoms with Crippen LogP contribution in [-0.4, -0.2) is 32.1 Å². The van der Waals surface area contributed by atoms with E-state index in [1.807, 2.05) is 6.92 Å². The van der Waals surface area contributed by atoms with E-state index in [2.05, 4.69) is 0 Å². The topological polar surface area (TPSA) is 37.4 Å². The molecule has 1 saturated carbocycles. The van der Waals surface area contributed by atoms with Gasteiger partial charge >= 0.3 is 0 Å². The van der Waals surface area contributed by atoms with Crippen LogP contribution >= 0.6 is 0 Å². The van der Waals surface area contributed by atoms with Crippen LogP contribution in [0.2, 0.25) is 0 Å². The summed E-state index contributed by atoms with van der Waals surface area (Å²) in [6, 6.07) is 0.185. The zero-order chi connectivity index (χ0) is 8.65. The lowest BCUT2D eigenvalue weighted by Crippen LogP contribution is -2.35. The number of nitrogens with zero attached hydrogens (tertiary/aromatic N) is 1. The summed E-state index contributed by atoms with van der Waals surface area (Å²) >= 11 is 0. The molecule has 0 aromatic carbocycles. The highest BCUT2D eigenvalue weighted by Crippen LogP contribution is 2.35. The third-order valence-electron chi connectivity index (χ3n) is 2.40. The molecule has 3 nitrogen and oxygen atoms in total. The Morgan fingerprint density at radius 2 is 1.91 bits per heavy atom. The second kappa shape index (κ2) is 2.75. The quantitative estimate of drug-likeness (QED) is 0.635. The lowest BCUT2D eigenvalue weighted by Gasteiger charge is -2.21. The molecular weight excluding hydrogens is 162 g/mol. The fourth-order valence-electron chi connectivity index (χ4n) is 1.18. The Kier molecular flexibility index (Phi) is 2.25. The predicted molar refractivity (Wildman–Crippen MR) is 44.8 cm³/mol. The Labute approximate surface area is 68.4 Å². The van der Waals surface area contributed by atoms with E-state index in [0.29, 0.717) is 5.92 Å². The molecule has 0 bridgehead atoms. The molecule has 4 heteroatoms. The van der Waals surface area contributed by atoms with Gasteiger partial charge in [0.15, 0.2) is 0 Å². The molecule has 0 heterocycles. The minimum atomic E-state index is -2.97. The van der Waals surface area contributed by atoms with Crippen LogP contribution in [0.3, 0.4) is 0 Å². The van der Waals surface area contributed by atoms with Gasteiger partial charge in [0.05, 0.1) is 6.26 Å². The van der Waals surface area contributed by atoms with Crippen LogP contribution in [0.4, 0.5) is 0 Å². The minimum absolute atomic E-state index is 0.185. The Hall–Kier alpha value is -0.0900. The zero-order valence-corrected chi connectivity index (χ0v) is 8.06. The van der Waals surface area contributed by atoms with E-state index in [1.165, 1.54) is 23.4 Å². The van der Waals surface area contributed by atoms with Gasteiger partial charge in [-0.15, -0.1) is 0 Å². The normalized spacial score (nSPS) is 22.2. The summed E-state index contributed by atoms with van der Waals surface area (Å²) in [5.74, 6) is 0.606. The fourth-order valence-corrected chi connectivity index (χ4v) is 1.95. The van der Waals surface area contributed by atoms with Gasteiger partial charge in [0.1, 0.15) is 0 Å². The highest BCUT2D eigenvalue weighted by atomic mass is 32.2. The maximum absolute atomic E-state index is 11.0. The molecule has 0 aromatic heterocycles. The first-order valence-electron chi connectivity index (χ1n) is 3.86. The molecule has 11 heavy (non-hydrogen) atoms. The Balaban J connectivity index is 2.59. The largest absolute Gasteiger partial charge is 0.213 e. The molecule has 1 fully saturated rings. The second-order valence-corrected chi connectivity index (χ2v) is 5.40. The van der Waals surface area contributed by atoms with Crippen molar-refractivity contribution < 1.29 is 8.42 Å². The number of hydrogen-bond donors (Lipinski definition) is 0. The Bertz CT molecular complexity index is 231.